The summed E-state index contributed by atoms with van der Waals surface area (Å²) in [6.45, 7) is 0. The van der Waals surface area contributed by atoms with E-state index in [4.69, 9.17) is 9.47 Å². The quantitative estimate of drug-likeness (QED) is 0.622. The van der Waals surface area contributed by atoms with Crippen molar-refractivity contribution in [1.29, 1.82) is 0 Å². The van der Waals surface area contributed by atoms with Crippen LogP contribution in [0.5, 0.6) is 0 Å². The number of amidine groups is 1. The molecule has 2 aliphatic rings. The standard InChI is InChI=1S/C12H15N3O3S/c1-17-9-4-3-8(5-10(9)18-2)6-13-15-12-14-11(16)7-19-12/h3-4,6,8H,5,7H2,1-2H3,(H,14,15,16)/b13-6+. The first-order valence-corrected chi connectivity index (χ1v) is 6.74. The summed E-state index contributed by atoms with van der Waals surface area (Å²) >= 11 is 1.35. The van der Waals surface area contributed by atoms with Crippen molar-refractivity contribution >= 4 is 29.1 Å². The predicted molar refractivity (Wildman–Crippen MR) is 74.8 cm³/mol. The van der Waals surface area contributed by atoms with E-state index in [1.54, 1.807) is 20.4 Å². The van der Waals surface area contributed by atoms with Gasteiger partial charge in [0, 0.05) is 18.6 Å². The molecule has 2 rings (SSSR count). The number of carbonyl (C=O) groups is 1. The number of carbonyl (C=O) groups excluding carboxylic acids is 1. The zero-order chi connectivity index (χ0) is 13.7. The van der Waals surface area contributed by atoms with Gasteiger partial charge in [0.2, 0.25) is 5.91 Å². The molecule has 1 saturated heterocycles. The molecule has 19 heavy (non-hydrogen) atoms. The van der Waals surface area contributed by atoms with Crippen LogP contribution in [0.1, 0.15) is 6.42 Å². The average Bonchev–Trinajstić information content (AvgIpc) is 2.84. The second-order valence-corrected chi connectivity index (χ2v) is 4.89. The van der Waals surface area contributed by atoms with Crippen molar-refractivity contribution in [2.24, 2.45) is 16.1 Å². The van der Waals surface area contributed by atoms with E-state index in [9.17, 15) is 4.79 Å². The Hall–Kier alpha value is -1.76. The summed E-state index contributed by atoms with van der Waals surface area (Å²) in [5.74, 6) is 2.01. The normalized spacial score (nSPS) is 25.3. The smallest absolute Gasteiger partial charge is 0.236 e. The van der Waals surface area contributed by atoms with Crippen LogP contribution in [0.4, 0.5) is 0 Å². The molecule has 1 amide bonds. The van der Waals surface area contributed by atoms with E-state index in [1.807, 2.05) is 12.2 Å². The van der Waals surface area contributed by atoms with Gasteiger partial charge in [-0.1, -0.05) is 17.8 Å². The molecule has 0 radical (unpaired) electrons. The van der Waals surface area contributed by atoms with Gasteiger partial charge in [0.1, 0.15) is 5.76 Å². The van der Waals surface area contributed by atoms with E-state index < -0.39 is 0 Å². The number of methoxy groups -OCH3 is 2. The number of thioether (sulfide) groups is 1. The fraction of sp³-hybridized carbons (Fsp3) is 0.417. The van der Waals surface area contributed by atoms with Gasteiger partial charge in [0.15, 0.2) is 10.9 Å². The lowest BCUT2D eigenvalue weighted by Gasteiger charge is -2.17. The van der Waals surface area contributed by atoms with Crippen LogP contribution >= 0.6 is 11.8 Å². The maximum absolute atomic E-state index is 11.0. The lowest BCUT2D eigenvalue weighted by Crippen LogP contribution is -2.19. The minimum atomic E-state index is -0.0362. The van der Waals surface area contributed by atoms with Crippen molar-refractivity contribution in [1.82, 2.24) is 5.32 Å². The Bertz CT molecular complexity index is 483. The van der Waals surface area contributed by atoms with E-state index in [0.717, 1.165) is 11.5 Å². The fourth-order valence-corrected chi connectivity index (χ4v) is 2.34. The highest BCUT2D eigenvalue weighted by atomic mass is 32.2. The number of ether oxygens (including phenoxy) is 2. The second-order valence-electron chi connectivity index (χ2n) is 3.93. The van der Waals surface area contributed by atoms with E-state index in [2.05, 4.69) is 15.5 Å². The van der Waals surface area contributed by atoms with Gasteiger partial charge in [-0.3, -0.25) is 4.79 Å². The fourth-order valence-electron chi connectivity index (χ4n) is 1.71. The SMILES string of the molecule is COC1=C(OC)CC(/C=N/N=C2/NC(=O)CS2)C=C1. The van der Waals surface area contributed by atoms with Crippen molar-refractivity contribution < 1.29 is 14.3 Å². The maximum Gasteiger partial charge on any atom is 0.236 e. The monoisotopic (exact) mass is 281 g/mol. The predicted octanol–water partition coefficient (Wildman–Crippen LogP) is 1.27. The minimum absolute atomic E-state index is 0.0362. The van der Waals surface area contributed by atoms with Gasteiger partial charge in [0.05, 0.1) is 20.0 Å². The van der Waals surface area contributed by atoms with Crippen molar-refractivity contribution in [2.45, 2.75) is 6.42 Å². The third-order valence-electron chi connectivity index (χ3n) is 2.65. The molecule has 0 aromatic heterocycles. The second kappa shape index (κ2) is 6.42. The topological polar surface area (TPSA) is 72.3 Å². The van der Waals surface area contributed by atoms with Crippen LogP contribution in [0.25, 0.3) is 0 Å². The van der Waals surface area contributed by atoms with Gasteiger partial charge in [-0.15, -0.1) is 5.10 Å². The molecule has 1 fully saturated rings. The molecule has 1 unspecified atom stereocenters. The molecular formula is C12H15N3O3S. The van der Waals surface area contributed by atoms with Gasteiger partial charge in [-0.25, -0.2) is 0 Å². The average molecular weight is 281 g/mol. The van der Waals surface area contributed by atoms with Crippen molar-refractivity contribution in [3.63, 3.8) is 0 Å². The van der Waals surface area contributed by atoms with Crippen LogP contribution in [-0.4, -0.2) is 37.3 Å². The Balaban J connectivity index is 1.93. The first-order valence-electron chi connectivity index (χ1n) is 5.76. The first kappa shape index (κ1) is 13.7. The molecule has 1 atom stereocenters. The molecule has 1 aliphatic carbocycles. The summed E-state index contributed by atoms with van der Waals surface area (Å²) in [4.78, 5) is 11.0. The Morgan fingerprint density at radius 1 is 1.47 bits per heavy atom. The zero-order valence-electron chi connectivity index (χ0n) is 10.8. The van der Waals surface area contributed by atoms with Gasteiger partial charge in [-0.2, -0.15) is 5.10 Å². The molecule has 1 heterocycles. The number of nitrogens with zero attached hydrogens (tertiary/aromatic N) is 2. The third kappa shape index (κ3) is 3.60. The number of hydrogen-bond acceptors (Lipinski definition) is 6. The summed E-state index contributed by atoms with van der Waals surface area (Å²) in [6.07, 6.45) is 6.24. The van der Waals surface area contributed by atoms with Gasteiger partial charge < -0.3 is 14.8 Å². The summed E-state index contributed by atoms with van der Waals surface area (Å²) in [6, 6.07) is 0. The highest BCUT2D eigenvalue weighted by molar-refractivity contribution is 8.15. The van der Waals surface area contributed by atoms with Gasteiger partial charge >= 0.3 is 0 Å². The van der Waals surface area contributed by atoms with Crippen molar-refractivity contribution in [3.8, 4) is 0 Å². The summed E-state index contributed by atoms with van der Waals surface area (Å²) in [5, 5.41) is 11.1. The van der Waals surface area contributed by atoms with E-state index in [-0.39, 0.29) is 11.8 Å². The first-order chi connectivity index (χ1) is 9.22. The number of rotatable bonds is 4. The zero-order valence-corrected chi connectivity index (χ0v) is 11.6. The minimum Gasteiger partial charge on any atom is -0.497 e. The number of nitrogens with one attached hydrogen (secondary N) is 1. The maximum atomic E-state index is 11.0. The third-order valence-corrected chi connectivity index (χ3v) is 3.51. The molecule has 0 saturated carbocycles. The Morgan fingerprint density at radius 2 is 2.32 bits per heavy atom. The lowest BCUT2D eigenvalue weighted by atomic mass is 10.00. The van der Waals surface area contributed by atoms with Gasteiger partial charge in [0.25, 0.3) is 0 Å². The molecule has 0 aromatic rings. The van der Waals surface area contributed by atoms with E-state index in [1.165, 1.54) is 11.8 Å². The van der Waals surface area contributed by atoms with E-state index in [0.29, 0.717) is 17.3 Å². The van der Waals surface area contributed by atoms with Crippen LogP contribution < -0.4 is 5.32 Å². The molecule has 102 valence electrons. The molecule has 1 N–H and O–H groups in total. The van der Waals surface area contributed by atoms with Crippen molar-refractivity contribution in [2.75, 3.05) is 20.0 Å². The summed E-state index contributed by atoms with van der Waals surface area (Å²) < 4.78 is 10.4. The van der Waals surface area contributed by atoms with E-state index >= 15 is 0 Å². The molecular weight excluding hydrogens is 266 g/mol. The lowest BCUT2D eigenvalue weighted by molar-refractivity contribution is -0.116. The molecule has 6 nitrogen and oxygen atoms in total. The molecule has 0 bridgehead atoms. The van der Waals surface area contributed by atoms with Crippen molar-refractivity contribution in [3.05, 3.63) is 23.7 Å². The largest absolute Gasteiger partial charge is 0.497 e. The number of allylic oxidation sites excluding steroid dienone is 3. The molecule has 0 aromatic carbocycles. The highest BCUT2D eigenvalue weighted by Gasteiger charge is 2.17. The molecule has 1 aliphatic heterocycles. The van der Waals surface area contributed by atoms with Crippen LogP contribution in [0.15, 0.2) is 33.9 Å². The van der Waals surface area contributed by atoms with Crippen LogP contribution in [0.3, 0.4) is 0 Å². The summed E-state index contributed by atoms with van der Waals surface area (Å²) in [5.41, 5.74) is 0. The van der Waals surface area contributed by atoms with Crippen LogP contribution in [-0.2, 0) is 14.3 Å². The Labute approximate surface area is 115 Å². The van der Waals surface area contributed by atoms with Crippen LogP contribution in [0, 0.1) is 5.92 Å². The van der Waals surface area contributed by atoms with Crippen LogP contribution in [0.2, 0.25) is 0 Å². The van der Waals surface area contributed by atoms with Gasteiger partial charge in [-0.05, 0) is 6.08 Å². The molecule has 0 spiro atoms. The Morgan fingerprint density at radius 3 is 2.95 bits per heavy atom. The highest BCUT2D eigenvalue weighted by Crippen LogP contribution is 2.23. The number of hydrogen-bond donors (Lipinski definition) is 1. The number of amides is 1. The summed E-state index contributed by atoms with van der Waals surface area (Å²) in [7, 11) is 3.23. The molecule has 7 heteroatoms. The Kier molecular flexibility index (Phi) is 4.62.